The predicted octanol–water partition coefficient (Wildman–Crippen LogP) is 2.18. The molecule has 4 N–H and O–H groups in total. The molecule has 0 spiro atoms. The minimum atomic E-state index is -4.02. The summed E-state index contributed by atoms with van der Waals surface area (Å²) in [5.41, 5.74) is 0.339. The fraction of sp³-hybridized carbons (Fsp3) is 0.190. The van der Waals surface area contributed by atoms with Crippen LogP contribution in [0.2, 0.25) is 10.0 Å². The second-order valence-corrected chi connectivity index (χ2v) is 11.8. The zero-order valence-corrected chi connectivity index (χ0v) is 22.0. The number of amides is 1. The minimum absolute atomic E-state index is 0.0493. The fourth-order valence-corrected chi connectivity index (χ4v) is 5.14. The van der Waals surface area contributed by atoms with Crippen molar-refractivity contribution in [2.45, 2.75) is 36.2 Å². The van der Waals surface area contributed by atoms with E-state index in [0.717, 1.165) is 10.9 Å². The zero-order chi connectivity index (χ0) is 26.8. The highest BCUT2D eigenvalue weighted by Crippen LogP contribution is 2.22. The number of carbonyl (C=O) groups excluding carboxylic acids is 1. The first-order valence-electron chi connectivity index (χ1n) is 10.2. The van der Waals surface area contributed by atoms with Crippen LogP contribution in [0.4, 0.5) is 5.69 Å². The summed E-state index contributed by atoms with van der Waals surface area (Å²) in [6.07, 6.45) is 1.14. The van der Waals surface area contributed by atoms with Crippen molar-refractivity contribution in [2.75, 3.05) is 5.32 Å². The van der Waals surface area contributed by atoms with Crippen LogP contribution in [0.25, 0.3) is 0 Å². The number of carbonyl (C=O) groups is 1. The summed E-state index contributed by atoms with van der Waals surface area (Å²) in [5.74, 6) is -0.641. The summed E-state index contributed by atoms with van der Waals surface area (Å²) in [7, 11) is -7.88. The van der Waals surface area contributed by atoms with Crippen molar-refractivity contribution in [1.29, 1.82) is 0 Å². The molecule has 1 atom stereocenters. The van der Waals surface area contributed by atoms with Crippen molar-refractivity contribution in [3.63, 3.8) is 0 Å². The molecule has 1 aromatic heterocycles. The molecule has 3 aromatic rings. The van der Waals surface area contributed by atoms with Gasteiger partial charge in [0.05, 0.1) is 21.0 Å². The maximum atomic E-state index is 12.9. The van der Waals surface area contributed by atoms with Crippen LogP contribution in [0, 0.1) is 6.92 Å². The summed E-state index contributed by atoms with van der Waals surface area (Å²) < 4.78 is 51.9. The van der Waals surface area contributed by atoms with Gasteiger partial charge in [-0.3, -0.25) is 9.59 Å². The molecule has 1 unspecified atom stereocenters. The lowest BCUT2D eigenvalue weighted by Gasteiger charge is -2.16. The van der Waals surface area contributed by atoms with Crippen molar-refractivity contribution in [1.82, 2.24) is 14.5 Å². The quantitative estimate of drug-likeness (QED) is 0.370. The number of primary sulfonamides is 1. The average molecular weight is 574 g/mol. The van der Waals surface area contributed by atoms with Crippen LogP contribution in [0.1, 0.15) is 24.1 Å². The van der Waals surface area contributed by atoms with Crippen LogP contribution in [-0.4, -0.2) is 32.5 Å². The molecule has 0 fully saturated rings. The molecule has 192 valence electrons. The summed E-state index contributed by atoms with van der Waals surface area (Å²) in [5, 5.41) is 11.1. The third-order valence-electron chi connectivity index (χ3n) is 5.11. The minimum Gasteiger partial charge on any atom is -0.324 e. The second kappa shape index (κ2) is 10.7. The Kier molecular flexibility index (Phi) is 8.23. The molecule has 15 heteroatoms. The standard InChI is InChI=1S/C21H21Cl2N5O6S2/c1-12-3-6-15(27-20(29)13(2)28-21(30)19(23)17(22)11-25-28)9-18(12)36(33,34)26-10-14-4-7-16(8-5-14)35(24,31)32/h3-9,11,13,26H,10H2,1-2H3,(H,27,29)(H2,24,31,32). The Morgan fingerprint density at radius 3 is 2.36 bits per heavy atom. The van der Waals surface area contributed by atoms with E-state index in [4.69, 9.17) is 28.3 Å². The second-order valence-electron chi connectivity index (χ2n) is 7.72. The van der Waals surface area contributed by atoms with Crippen LogP contribution in [0.15, 0.2) is 63.2 Å². The lowest BCUT2D eigenvalue weighted by atomic mass is 10.2. The van der Waals surface area contributed by atoms with Gasteiger partial charge >= 0.3 is 0 Å². The van der Waals surface area contributed by atoms with Crippen molar-refractivity contribution in [3.8, 4) is 0 Å². The highest BCUT2D eigenvalue weighted by Gasteiger charge is 2.22. The van der Waals surface area contributed by atoms with Crippen LogP contribution in [0.3, 0.4) is 0 Å². The number of nitrogens with two attached hydrogens (primary N) is 1. The molecular weight excluding hydrogens is 553 g/mol. The van der Waals surface area contributed by atoms with E-state index in [1.54, 1.807) is 6.92 Å². The maximum Gasteiger partial charge on any atom is 0.287 e. The van der Waals surface area contributed by atoms with Crippen molar-refractivity contribution in [2.24, 2.45) is 5.14 Å². The number of hydrogen-bond acceptors (Lipinski definition) is 7. The van der Waals surface area contributed by atoms with E-state index in [1.807, 2.05) is 0 Å². The van der Waals surface area contributed by atoms with Gasteiger partial charge in [-0.2, -0.15) is 5.10 Å². The van der Waals surface area contributed by atoms with E-state index in [0.29, 0.717) is 11.1 Å². The third-order valence-corrected chi connectivity index (χ3v) is 8.33. The Labute approximate surface area is 217 Å². The topological polar surface area (TPSA) is 170 Å². The molecule has 0 saturated heterocycles. The Morgan fingerprint density at radius 2 is 1.75 bits per heavy atom. The van der Waals surface area contributed by atoms with Gasteiger partial charge in [0.15, 0.2) is 0 Å². The van der Waals surface area contributed by atoms with Crippen LogP contribution >= 0.6 is 23.2 Å². The normalized spacial score (nSPS) is 12.8. The molecule has 0 bridgehead atoms. The summed E-state index contributed by atoms with van der Waals surface area (Å²) in [6, 6.07) is 8.64. The Balaban J connectivity index is 1.77. The maximum absolute atomic E-state index is 12.9. The van der Waals surface area contributed by atoms with E-state index in [1.165, 1.54) is 49.4 Å². The molecule has 36 heavy (non-hydrogen) atoms. The number of hydrogen-bond donors (Lipinski definition) is 3. The third kappa shape index (κ3) is 6.30. The van der Waals surface area contributed by atoms with Gasteiger partial charge < -0.3 is 5.32 Å². The van der Waals surface area contributed by atoms with E-state index in [-0.39, 0.29) is 32.1 Å². The molecule has 2 aromatic carbocycles. The Morgan fingerprint density at radius 1 is 1.11 bits per heavy atom. The largest absolute Gasteiger partial charge is 0.324 e. The van der Waals surface area contributed by atoms with Gasteiger partial charge in [0, 0.05) is 12.2 Å². The first-order chi connectivity index (χ1) is 16.7. The number of aromatic nitrogens is 2. The monoisotopic (exact) mass is 573 g/mol. The lowest BCUT2D eigenvalue weighted by molar-refractivity contribution is -0.119. The number of rotatable bonds is 8. The molecule has 0 aliphatic rings. The van der Waals surface area contributed by atoms with E-state index in [2.05, 4.69) is 15.1 Å². The summed E-state index contributed by atoms with van der Waals surface area (Å²) in [4.78, 5) is 24.8. The first-order valence-corrected chi connectivity index (χ1v) is 13.9. The van der Waals surface area contributed by atoms with Crippen LogP contribution in [0.5, 0.6) is 0 Å². The zero-order valence-electron chi connectivity index (χ0n) is 18.9. The van der Waals surface area contributed by atoms with Gasteiger partial charge in [-0.15, -0.1) is 0 Å². The highest BCUT2D eigenvalue weighted by molar-refractivity contribution is 7.89. The highest BCUT2D eigenvalue weighted by atomic mass is 35.5. The van der Waals surface area contributed by atoms with Crippen LogP contribution in [-0.2, 0) is 31.4 Å². The summed E-state index contributed by atoms with van der Waals surface area (Å²) in [6.45, 7) is 2.89. The van der Waals surface area contributed by atoms with Gasteiger partial charge in [-0.05, 0) is 49.2 Å². The Hall–Kier alpha value is -2.81. The molecule has 11 nitrogen and oxygen atoms in total. The smallest absolute Gasteiger partial charge is 0.287 e. The SMILES string of the molecule is Cc1ccc(NC(=O)C(C)n2ncc(Cl)c(Cl)c2=O)cc1S(=O)(=O)NCc1ccc(S(N)(=O)=O)cc1. The number of nitrogens with one attached hydrogen (secondary N) is 2. The molecule has 0 saturated carbocycles. The van der Waals surface area contributed by atoms with E-state index < -0.39 is 37.6 Å². The molecule has 1 heterocycles. The number of halogens is 2. The van der Waals surface area contributed by atoms with Crippen molar-refractivity contribution in [3.05, 3.63) is 80.2 Å². The van der Waals surface area contributed by atoms with Crippen LogP contribution < -0.4 is 20.7 Å². The molecule has 0 radical (unpaired) electrons. The van der Waals surface area contributed by atoms with Gasteiger partial charge in [-0.25, -0.2) is 31.4 Å². The molecule has 3 rings (SSSR count). The Bertz CT molecular complexity index is 1590. The van der Waals surface area contributed by atoms with Gasteiger partial charge in [0.2, 0.25) is 26.0 Å². The summed E-state index contributed by atoms with van der Waals surface area (Å²) >= 11 is 11.6. The molecular formula is C21H21Cl2N5O6S2. The lowest BCUT2D eigenvalue weighted by Crippen LogP contribution is -2.33. The van der Waals surface area contributed by atoms with E-state index in [9.17, 15) is 26.4 Å². The molecule has 0 aliphatic carbocycles. The van der Waals surface area contributed by atoms with Gasteiger partial charge in [0.1, 0.15) is 11.1 Å². The van der Waals surface area contributed by atoms with Crippen molar-refractivity contribution < 1.29 is 21.6 Å². The van der Waals surface area contributed by atoms with Gasteiger partial charge in [0.25, 0.3) is 5.56 Å². The van der Waals surface area contributed by atoms with Gasteiger partial charge in [-0.1, -0.05) is 41.4 Å². The predicted molar refractivity (Wildman–Crippen MR) is 135 cm³/mol. The van der Waals surface area contributed by atoms with E-state index >= 15 is 0 Å². The average Bonchev–Trinajstić information content (AvgIpc) is 2.82. The first kappa shape index (κ1) is 27.8. The number of sulfonamides is 2. The molecule has 1 amide bonds. The number of anilines is 1. The number of aryl methyl sites for hydroxylation is 1. The number of nitrogens with zero attached hydrogens (tertiary/aromatic N) is 2. The molecule has 0 aliphatic heterocycles. The fourth-order valence-electron chi connectivity index (χ4n) is 3.08. The van der Waals surface area contributed by atoms with Crippen molar-refractivity contribution >= 4 is 54.8 Å². The number of benzene rings is 2.